The van der Waals surface area contributed by atoms with Crippen LogP contribution < -0.4 is 4.74 Å². The molecule has 1 aliphatic rings. The zero-order valence-corrected chi connectivity index (χ0v) is 9.93. The second-order valence-corrected chi connectivity index (χ2v) is 4.14. The standard InChI is InChI=1S/C13H14N2O2/c1-9(8-14)15(2)13(16)11-3-4-12-10(7-11)5-6-17-12/h3-4,7,9H,5-6H2,1-2H3. The normalized spacial score (nSPS) is 14.4. The summed E-state index contributed by atoms with van der Waals surface area (Å²) in [5.41, 5.74) is 1.67. The molecule has 17 heavy (non-hydrogen) atoms. The van der Waals surface area contributed by atoms with Crippen molar-refractivity contribution >= 4 is 5.91 Å². The third-order valence-electron chi connectivity index (χ3n) is 3.02. The number of amides is 1. The molecule has 0 fully saturated rings. The summed E-state index contributed by atoms with van der Waals surface area (Å²) in [5, 5.41) is 8.79. The van der Waals surface area contributed by atoms with Gasteiger partial charge in [-0.15, -0.1) is 0 Å². The van der Waals surface area contributed by atoms with E-state index in [0.29, 0.717) is 12.2 Å². The number of nitriles is 1. The molecule has 1 aromatic carbocycles. The number of benzene rings is 1. The summed E-state index contributed by atoms with van der Waals surface area (Å²) in [5.74, 6) is 0.728. The maximum absolute atomic E-state index is 12.1. The smallest absolute Gasteiger partial charge is 0.254 e. The maximum Gasteiger partial charge on any atom is 0.254 e. The molecule has 4 nitrogen and oxygen atoms in total. The van der Waals surface area contributed by atoms with Gasteiger partial charge in [0.1, 0.15) is 11.8 Å². The van der Waals surface area contributed by atoms with Crippen molar-refractivity contribution in [2.75, 3.05) is 13.7 Å². The van der Waals surface area contributed by atoms with Gasteiger partial charge in [0, 0.05) is 19.0 Å². The van der Waals surface area contributed by atoms with E-state index in [1.54, 1.807) is 20.0 Å². The SMILES string of the molecule is CC(C#N)N(C)C(=O)c1ccc2c(c1)CCO2. The second kappa shape index (κ2) is 4.46. The molecule has 0 saturated heterocycles. The first-order valence-corrected chi connectivity index (χ1v) is 5.56. The van der Waals surface area contributed by atoms with Gasteiger partial charge >= 0.3 is 0 Å². The maximum atomic E-state index is 12.1. The molecule has 88 valence electrons. The summed E-state index contributed by atoms with van der Waals surface area (Å²) < 4.78 is 5.39. The van der Waals surface area contributed by atoms with E-state index < -0.39 is 6.04 Å². The number of hydrogen-bond donors (Lipinski definition) is 0. The predicted molar refractivity (Wildman–Crippen MR) is 62.8 cm³/mol. The molecule has 2 rings (SSSR count). The van der Waals surface area contributed by atoms with Crippen molar-refractivity contribution in [1.82, 2.24) is 4.90 Å². The Bertz CT molecular complexity index is 491. The van der Waals surface area contributed by atoms with Gasteiger partial charge in [0.2, 0.25) is 0 Å². The Balaban J connectivity index is 2.23. The van der Waals surface area contributed by atoms with Crippen LogP contribution >= 0.6 is 0 Å². The third-order valence-corrected chi connectivity index (χ3v) is 3.02. The lowest BCUT2D eigenvalue weighted by Crippen LogP contribution is -2.34. The molecule has 1 aliphatic heterocycles. The topological polar surface area (TPSA) is 53.3 Å². The van der Waals surface area contributed by atoms with Crippen LogP contribution in [0.15, 0.2) is 18.2 Å². The predicted octanol–water partition coefficient (Wildman–Crippen LogP) is 1.61. The fourth-order valence-corrected chi connectivity index (χ4v) is 1.79. The zero-order chi connectivity index (χ0) is 12.4. The van der Waals surface area contributed by atoms with Crippen molar-refractivity contribution < 1.29 is 9.53 Å². The van der Waals surface area contributed by atoms with Gasteiger partial charge in [-0.05, 0) is 30.7 Å². The molecule has 0 N–H and O–H groups in total. The highest BCUT2D eigenvalue weighted by molar-refractivity contribution is 5.94. The van der Waals surface area contributed by atoms with Crippen LogP contribution in [0.2, 0.25) is 0 Å². The van der Waals surface area contributed by atoms with Crippen molar-refractivity contribution in [3.63, 3.8) is 0 Å². The fraction of sp³-hybridized carbons (Fsp3) is 0.385. The molecule has 0 spiro atoms. The van der Waals surface area contributed by atoms with E-state index >= 15 is 0 Å². The average Bonchev–Trinajstić information content (AvgIpc) is 2.83. The summed E-state index contributed by atoms with van der Waals surface area (Å²) in [6.07, 6.45) is 0.841. The monoisotopic (exact) mass is 230 g/mol. The van der Waals surface area contributed by atoms with E-state index in [0.717, 1.165) is 17.7 Å². The molecule has 1 unspecified atom stereocenters. The molecule has 0 aromatic heterocycles. The number of hydrogen-bond acceptors (Lipinski definition) is 3. The van der Waals surface area contributed by atoms with E-state index in [-0.39, 0.29) is 5.91 Å². The average molecular weight is 230 g/mol. The number of fused-ring (bicyclic) bond motifs is 1. The Labute approximate surface area is 100 Å². The number of nitrogens with zero attached hydrogens (tertiary/aromatic N) is 2. The van der Waals surface area contributed by atoms with Crippen LogP contribution in [0.3, 0.4) is 0 Å². The second-order valence-electron chi connectivity index (χ2n) is 4.14. The first-order valence-electron chi connectivity index (χ1n) is 5.56. The molecule has 1 heterocycles. The summed E-state index contributed by atoms with van der Waals surface area (Å²) in [6.45, 7) is 2.38. The van der Waals surface area contributed by atoms with Crippen molar-refractivity contribution in [2.45, 2.75) is 19.4 Å². The Hall–Kier alpha value is -2.02. The van der Waals surface area contributed by atoms with Crippen molar-refractivity contribution in [1.29, 1.82) is 5.26 Å². The van der Waals surface area contributed by atoms with Gasteiger partial charge in [-0.3, -0.25) is 4.79 Å². The van der Waals surface area contributed by atoms with Gasteiger partial charge in [-0.1, -0.05) is 0 Å². The zero-order valence-electron chi connectivity index (χ0n) is 9.93. The van der Waals surface area contributed by atoms with Gasteiger partial charge in [0.15, 0.2) is 0 Å². The Morgan fingerprint density at radius 3 is 3.06 bits per heavy atom. The first-order chi connectivity index (χ1) is 8.13. The molecule has 0 saturated carbocycles. The summed E-state index contributed by atoms with van der Waals surface area (Å²) >= 11 is 0. The van der Waals surface area contributed by atoms with E-state index in [9.17, 15) is 4.79 Å². The number of carbonyl (C=O) groups excluding carboxylic acids is 1. The minimum atomic E-state index is -0.424. The van der Waals surface area contributed by atoms with Crippen LogP contribution in [0.25, 0.3) is 0 Å². The van der Waals surface area contributed by atoms with Crippen LogP contribution in [0.4, 0.5) is 0 Å². The minimum absolute atomic E-state index is 0.131. The van der Waals surface area contributed by atoms with Crippen molar-refractivity contribution in [3.8, 4) is 11.8 Å². The van der Waals surface area contributed by atoms with Crippen LogP contribution in [0.5, 0.6) is 5.75 Å². The van der Waals surface area contributed by atoms with E-state index in [1.807, 2.05) is 18.2 Å². The lowest BCUT2D eigenvalue weighted by molar-refractivity contribution is 0.0773. The molecule has 1 amide bonds. The van der Waals surface area contributed by atoms with Crippen LogP contribution in [0, 0.1) is 11.3 Å². The largest absolute Gasteiger partial charge is 0.493 e. The Kier molecular flexibility index (Phi) is 3.01. The van der Waals surface area contributed by atoms with Crippen LogP contribution in [-0.2, 0) is 6.42 Å². The summed E-state index contributed by atoms with van der Waals surface area (Å²) in [4.78, 5) is 13.5. The van der Waals surface area contributed by atoms with Gasteiger partial charge in [0.25, 0.3) is 5.91 Å². The molecular formula is C13H14N2O2. The van der Waals surface area contributed by atoms with Crippen LogP contribution in [-0.4, -0.2) is 30.5 Å². The molecule has 1 aromatic rings. The lowest BCUT2D eigenvalue weighted by atomic mass is 10.1. The first kappa shape index (κ1) is 11.5. The van der Waals surface area contributed by atoms with Gasteiger partial charge in [-0.2, -0.15) is 5.26 Å². The highest BCUT2D eigenvalue weighted by Crippen LogP contribution is 2.26. The highest BCUT2D eigenvalue weighted by Gasteiger charge is 2.19. The van der Waals surface area contributed by atoms with Gasteiger partial charge in [-0.25, -0.2) is 0 Å². The van der Waals surface area contributed by atoms with Crippen molar-refractivity contribution in [2.24, 2.45) is 0 Å². The molecule has 4 heteroatoms. The highest BCUT2D eigenvalue weighted by atomic mass is 16.5. The van der Waals surface area contributed by atoms with Gasteiger partial charge in [0.05, 0.1) is 12.7 Å². The molecule has 1 atom stereocenters. The summed E-state index contributed by atoms with van der Waals surface area (Å²) in [6, 6.07) is 7.04. The minimum Gasteiger partial charge on any atom is -0.493 e. The van der Waals surface area contributed by atoms with E-state index in [4.69, 9.17) is 10.00 Å². The molecule has 0 radical (unpaired) electrons. The lowest BCUT2D eigenvalue weighted by Gasteiger charge is -2.19. The van der Waals surface area contributed by atoms with Gasteiger partial charge < -0.3 is 9.64 Å². The van der Waals surface area contributed by atoms with Crippen LogP contribution in [0.1, 0.15) is 22.8 Å². The quantitative estimate of drug-likeness (QED) is 0.775. The number of ether oxygens (including phenoxy) is 1. The molecular weight excluding hydrogens is 216 g/mol. The third kappa shape index (κ3) is 2.09. The molecule has 0 bridgehead atoms. The number of carbonyl (C=O) groups is 1. The Morgan fingerprint density at radius 2 is 2.35 bits per heavy atom. The fourth-order valence-electron chi connectivity index (χ4n) is 1.79. The number of rotatable bonds is 2. The van der Waals surface area contributed by atoms with E-state index in [1.165, 1.54) is 4.90 Å². The van der Waals surface area contributed by atoms with E-state index in [2.05, 4.69) is 0 Å². The Morgan fingerprint density at radius 1 is 1.59 bits per heavy atom. The summed E-state index contributed by atoms with van der Waals surface area (Å²) in [7, 11) is 1.64. The molecule has 0 aliphatic carbocycles. The van der Waals surface area contributed by atoms with Crippen molar-refractivity contribution in [3.05, 3.63) is 29.3 Å².